The smallest absolute Gasteiger partial charge is 0.182 e. The molecule has 172 valence electrons. The van der Waals surface area contributed by atoms with Gasteiger partial charge in [-0.15, -0.1) is 11.6 Å². The van der Waals surface area contributed by atoms with Crippen molar-refractivity contribution in [2.45, 2.75) is 95.5 Å². The molecule has 5 aliphatic rings. The highest BCUT2D eigenvalue weighted by molar-refractivity contribution is 6.29. The van der Waals surface area contributed by atoms with Crippen molar-refractivity contribution < 1.29 is 28.6 Å². The molecule has 0 aromatic heterocycles. The van der Waals surface area contributed by atoms with Gasteiger partial charge in [0.1, 0.15) is 5.67 Å². The van der Waals surface area contributed by atoms with Gasteiger partial charge in [0.15, 0.2) is 23.0 Å². The van der Waals surface area contributed by atoms with Crippen molar-refractivity contribution in [3.05, 3.63) is 11.6 Å². The van der Waals surface area contributed by atoms with Crippen LogP contribution in [0.25, 0.3) is 0 Å². The maximum Gasteiger partial charge on any atom is 0.182 e. The zero-order chi connectivity index (χ0) is 22.6. The Morgan fingerprint density at radius 1 is 1.26 bits per heavy atom. The van der Waals surface area contributed by atoms with Crippen molar-refractivity contribution in [2.75, 3.05) is 5.88 Å². The third kappa shape index (κ3) is 2.43. The molecular weight excluding hydrogens is 423 g/mol. The van der Waals surface area contributed by atoms with E-state index < -0.39 is 46.0 Å². The van der Waals surface area contributed by atoms with Gasteiger partial charge in [-0.05, 0) is 57.9 Å². The average molecular weight is 455 g/mol. The second kappa shape index (κ2) is 6.40. The van der Waals surface area contributed by atoms with Crippen molar-refractivity contribution >= 4 is 23.2 Å². The Hall–Kier alpha value is -0.820. The molecule has 0 radical (unpaired) electrons. The van der Waals surface area contributed by atoms with Gasteiger partial charge in [-0.1, -0.05) is 19.4 Å². The van der Waals surface area contributed by atoms with Crippen LogP contribution in [-0.2, 0) is 19.1 Å². The maximum absolute atomic E-state index is 17.2. The van der Waals surface area contributed by atoms with Crippen LogP contribution in [0.1, 0.15) is 66.2 Å². The SMILES string of the molecule is CC1(C)O[C@@H]2C[C@H]3[C@@H]4CCC5=CC(=O)CC[C@]5(C)[C@]4(F)[C@H](O)C[C@]3(C)[C@@]2(C(=O)CCl)O1. The number of halogens is 2. The predicted molar refractivity (Wildman–Crippen MR) is 112 cm³/mol. The molecule has 1 heterocycles. The Labute approximate surface area is 187 Å². The highest BCUT2D eigenvalue weighted by Gasteiger charge is 2.80. The van der Waals surface area contributed by atoms with Crippen LogP contribution in [0.3, 0.4) is 0 Å². The lowest BCUT2D eigenvalue weighted by molar-refractivity contribution is -0.250. The molecule has 0 bridgehead atoms. The number of ketones is 2. The van der Waals surface area contributed by atoms with Crippen LogP contribution in [-0.4, -0.2) is 51.8 Å². The van der Waals surface area contributed by atoms with Gasteiger partial charge in [-0.2, -0.15) is 0 Å². The molecule has 4 fully saturated rings. The molecule has 4 aliphatic carbocycles. The van der Waals surface area contributed by atoms with Gasteiger partial charge in [0, 0.05) is 23.2 Å². The lowest BCUT2D eigenvalue weighted by Gasteiger charge is -2.63. The summed E-state index contributed by atoms with van der Waals surface area (Å²) in [5.41, 5.74) is -4.00. The quantitative estimate of drug-likeness (QED) is 0.641. The zero-order valence-corrected chi connectivity index (χ0v) is 19.4. The standard InChI is InChI=1S/C24H32ClFO5/c1-20(2)30-19-10-16-15-6-5-13-9-14(27)7-8-21(13,3)23(15,26)17(28)11-22(16,4)24(19,31-20)18(29)12-25/h9,15-17,19,28H,5-8,10-12H2,1-4H3/t15-,16-,17+,19+,21-,22-,23+,24-/m0/s1. The number of Topliss-reactive ketones (excluding diaryl/α,β-unsaturated/α-hetero) is 1. The molecule has 5 nitrogen and oxygen atoms in total. The van der Waals surface area contributed by atoms with Crippen LogP contribution in [0.4, 0.5) is 4.39 Å². The number of fused-ring (bicyclic) bond motifs is 7. The van der Waals surface area contributed by atoms with Crippen molar-refractivity contribution in [3.8, 4) is 0 Å². The molecule has 7 heteroatoms. The molecule has 31 heavy (non-hydrogen) atoms. The van der Waals surface area contributed by atoms with Crippen LogP contribution >= 0.6 is 11.6 Å². The summed E-state index contributed by atoms with van der Waals surface area (Å²) in [5.74, 6) is -2.02. The first-order valence-corrected chi connectivity index (χ1v) is 12.0. The second-order valence-corrected chi connectivity index (χ2v) is 11.5. The van der Waals surface area contributed by atoms with Crippen LogP contribution in [0.5, 0.6) is 0 Å². The van der Waals surface area contributed by atoms with E-state index in [4.69, 9.17) is 21.1 Å². The first-order valence-electron chi connectivity index (χ1n) is 11.4. The normalized spacial score (nSPS) is 52.6. The average Bonchev–Trinajstić information content (AvgIpc) is 3.09. The number of rotatable bonds is 2. The van der Waals surface area contributed by atoms with Crippen LogP contribution < -0.4 is 0 Å². The van der Waals surface area contributed by atoms with Crippen LogP contribution in [0.15, 0.2) is 11.6 Å². The van der Waals surface area contributed by atoms with Crippen molar-refractivity contribution in [1.29, 1.82) is 0 Å². The molecule has 0 aromatic carbocycles. The van der Waals surface area contributed by atoms with E-state index in [0.717, 1.165) is 5.57 Å². The summed E-state index contributed by atoms with van der Waals surface area (Å²) >= 11 is 6.05. The first-order chi connectivity index (χ1) is 14.4. The lowest BCUT2D eigenvalue weighted by Crippen LogP contribution is -2.70. The van der Waals surface area contributed by atoms with E-state index in [9.17, 15) is 14.7 Å². The fourth-order valence-electron chi connectivity index (χ4n) is 8.27. The van der Waals surface area contributed by atoms with Crippen LogP contribution in [0.2, 0.25) is 0 Å². The summed E-state index contributed by atoms with van der Waals surface area (Å²) in [7, 11) is 0. The zero-order valence-electron chi connectivity index (χ0n) is 18.7. The van der Waals surface area contributed by atoms with Gasteiger partial charge < -0.3 is 14.6 Å². The van der Waals surface area contributed by atoms with Crippen molar-refractivity contribution in [3.63, 3.8) is 0 Å². The molecule has 8 atom stereocenters. The van der Waals surface area contributed by atoms with E-state index in [0.29, 0.717) is 32.1 Å². The number of allylic oxidation sites excluding steroid dienone is 1. The minimum Gasteiger partial charge on any atom is -0.390 e. The van der Waals surface area contributed by atoms with E-state index in [2.05, 4.69) is 0 Å². The third-order valence-electron chi connectivity index (χ3n) is 9.57. The van der Waals surface area contributed by atoms with E-state index in [1.807, 2.05) is 13.8 Å². The monoisotopic (exact) mass is 454 g/mol. The number of aliphatic hydroxyl groups is 1. The summed E-state index contributed by atoms with van der Waals surface area (Å²) in [5, 5.41) is 11.4. The number of aliphatic hydroxyl groups excluding tert-OH is 1. The van der Waals surface area contributed by atoms with E-state index >= 15 is 4.39 Å². The minimum atomic E-state index is -1.86. The number of carbonyl (C=O) groups is 2. The molecule has 1 N–H and O–H groups in total. The maximum atomic E-state index is 17.2. The van der Waals surface area contributed by atoms with Crippen molar-refractivity contribution in [2.24, 2.45) is 22.7 Å². The molecule has 0 spiro atoms. The highest BCUT2D eigenvalue weighted by atomic mass is 35.5. The molecule has 0 amide bonds. The molecule has 0 aromatic rings. The Balaban J connectivity index is 1.63. The Kier molecular flexibility index (Phi) is 4.54. The first kappa shape index (κ1) is 22.0. The van der Waals surface area contributed by atoms with Crippen LogP contribution in [0, 0.1) is 22.7 Å². The largest absolute Gasteiger partial charge is 0.390 e. The van der Waals surface area contributed by atoms with E-state index in [1.54, 1.807) is 19.9 Å². The number of ether oxygens (including phenoxy) is 2. The van der Waals surface area contributed by atoms with E-state index in [1.165, 1.54) is 0 Å². The molecule has 1 aliphatic heterocycles. The molecule has 1 saturated heterocycles. The number of hydrogen-bond donors (Lipinski definition) is 1. The lowest BCUT2D eigenvalue weighted by atomic mass is 9.44. The Bertz CT molecular complexity index is 887. The highest BCUT2D eigenvalue weighted by Crippen LogP contribution is 2.72. The molecule has 5 rings (SSSR count). The van der Waals surface area contributed by atoms with Gasteiger partial charge in [0.2, 0.25) is 0 Å². The predicted octanol–water partition coefficient (Wildman–Crippen LogP) is 3.89. The number of carbonyl (C=O) groups excluding carboxylic acids is 2. The Morgan fingerprint density at radius 2 is 1.97 bits per heavy atom. The van der Waals surface area contributed by atoms with Gasteiger partial charge >= 0.3 is 0 Å². The van der Waals surface area contributed by atoms with Gasteiger partial charge in [-0.25, -0.2) is 4.39 Å². The summed E-state index contributed by atoms with van der Waals surface area (Å²) < 4.78 is 29.7. The number of alkyl halides is 2. The third-order valence-corrected chi connectivity index (χ3v) is 9.81. The van der Waals surface area contributed by atoms with Gasteiger partial charge in [0.25, 0.3) is 0 Å². The summed E-state index contributed by atoms with van der Waals surface area (Å²) in [6.07, 6.45) is 2.28. The van der Waals surface area contributed by atoms with Gasteiger partial charge in [0.05, 0.1) is 18.1 Å². The fourth-order valence-corrected chi connectivity index (χ4v) is 8.47. The minimum absolute atomic E-state index is 0.0377. The summed E-state index contributed by atoms with van der Waals surface area (Å²) in [6, 6.07) is 0. The Morgan fingerprint density at radius 3 is 2.65 bits per heavy atom. The summed E-state index contributed by atoms with van der Waals surface area (Å²) in [4.78, 5) is 25.3. The molecular formula is C24H32ClFO5. The van der Waals surface area contributed by atoms with E-state index in [-0.39, 0.29) is 29.8 Å². The van der Waals surface area contributed by atoms with Crippen molar-refractivity contribution in [1.82, 2.24) is 0 Å². The second-order valence-electron chi connectivity index (χ2n) is 11.3. The summed E-state index contributed by atoms with van der Waals surface area (Å²) in [6.45, 7) is 7.38. The molecule has 0 unspecified atom stereocenters. The number of hydrogen-bond acceptors (Lipinski definition) is 5. The topological polar surface area (TPSA) is 72.8 Å². The van der Waals surface area contributed by atoms with Gasteiger partial charge in [-0.3, -0.25) is 9.59 Å². The fraction of sp³-hybridized carbons (Fsp3) is 0.833. The molecule has 3 saturated carbocycles.